The lowest BCUT2D eigenvalue weighted by Gasteiger charge is -2.09. The van der Waals surface area contributed by atoms with Crippen LogP contribution < -0.4 is 20.5 Å². The maximum atomic E-state index is 11.9. The van der Waals surface area contributed by atoms with Crippen LogP contribution in [0.1, 0.15) is 12.0 Å². The van der Waals surface area contributed by atoms with Crippen molar-refractivity contribution in [2.75, 3.05) is 27.4 Å². The molecule has 3 N–H and O–H groups in total. The number of halogens is 1. The van der Waals surface area contributed by atoms with E-state index in [0.29, 0.717) is 37.0 Å². The number of nitrogens with zero attached hydrogens (tertiary/aromatic N) is 1. The van der Waals surface area contributed by atoms with Gasteiger partial charge in [0.2, 0.25) is 0 Å². The van der Waals surface area contributed by atoms with Crippen LogP contribution in [0.25, 0.3) is 0 Å². The van der Waals surface area contributed by atoms with Crippen molar-refractivity contribution in [2.24, 2.45) is 10.7 Å². The van der Waals surface area contributed by atoms with Crippen LogP contribution >= 0.6 is 0 Å². The van der Waals surface area contributed by atoms with Crippen LogP contribution in [0.5, 0.6) is 11.5 Å². The molecule has 0 bridgehead atoms. The molecule has 6 heteroatoms. The molecule has 0 aliphatic rings. The first-order valence-corrected chi connectivity index (χ1v) is 6.02. The summed E-state index contributed by atoms with van der Waals surface area (Å²) in [5.41, 5.74) is 6.60. The maximum Gasteiger partial charge on any atom is 0.188 e. The van der Waals surface area contributed by atoms with Gasteiger partial charge in [-0.3, -0.25) is 4.39 Å². The van der Waals surface area contributed by atoms with Gasteiger partial charge in [-0.2, -0.15) is 0 Å². The average Bonchev–Trinajstić information content (AvgIpc) is 2.45. The predicted molar refractivity (Wildman–Crippen MR) is 73.5 cm³/mol. The monoisotopic (exact) mass is 269 g/mol. The van der Waals surface area contributed by atoms with Crippen LogP contribution in [0.15, 0.2) is 23.2 Å². The zero-order valence-electron chi connectivity index (χ0n) is 11.3. The number of aliphatic imine (C=N–C) groups is 1. The largest absolute Gasteiger partial charge is 0.493 e. The topological polar surface area (TPSA) is 68.9 Å². The molecule has 5 nitrogen and oxygen atoms in total. The summed E-state index contributed by atoms with van der Waals surface area (Å²) >= 11 is 0. The van der Waals surface area contributed by atoms with Gasteiger partial charge in [-0.25, -0.2) is 4.99 Å². The van der Waals surface area contributed by atoms with Gasteiger partial charge in [0.1, 0.15) is 0 Å². The van der Waals surface area contributed by atoms with E-state index >= 15 is 0 Å². The fourth-order valence-electron chi connectivity index (χ4n) is 1.49. The molecule has 1 aromatic carbocycles. The lowest BCUT2D eigenvalue weighted by atomic mass is 10.2. The van der Waals surface area contributed by atoms with Crippen molar-refractivity contribution in [3.63, 3.8) is 0 Å². The van der Waals surface area contributed by atoms with E-state index in [-0.39, 0.29) is 6.67 Å². The van der Waals surface area contributed by atoms with Crippen molar-refractivity contribution in [2.45, 2.75) is 13.0 Å². The Kier molecular flexibility index (Phi) is 6.49. The number of ether oxygens (including phenoxy) is 2. The number of alkyl halides is 1. The van der Waals surface area contributed by atoms with Crippen molar-refractivity contribution >= 4 is 5.96 Å². The fraction of sp³-hybridized carbons (Fsp3) is 0.462. The number of hydrogen-bond donors (Lipinski definition) is 2. The Morgan fingerprint density at radius 3 is 2.68 bits per heavy atom. The van der Waals surface area contributed by atoms with Crippen LogP contribution in [0.4, 0.5) is 4.39 Å². The Bertz CT molecular complexity index is 424. The van der Waals surface area contributed by atoms with Gasteiger partial charge in [0.15, 0.2) is 17.5 Å². The van der Waals surface area contributed by atoms with E-state index in [2.05, 4.69) is 10.3 Å². The summed E-state index contributed by atoms with van der Waals surface area (Å²) in [6.45, 7) is 0.544. The highest BCUT2D eigenvalue weighted by Gasteiger charge is 2.04. The quantitative estimate of drug-likeness (QED) is 0.447. The van der Waals surface area contributed by atoms with Crippen molar-refractivity contribution in [3.8, 4) is 11.5 Å². The summed E-state index contributed by atoms with van der Waals surface area (Å²) in [6.07, 6.45) is 0.423. The molecular weight excluding hydrogens is 249 g/mol. The number of nitrogens with one attached hydrogen (secondary N) is 1. The second-order valence-corrected chi connectivity index (χ2v) is 3.86. The van der Waals surface area contributed by atoms with Gasteiger partial charge in [0.25, 0.3) is 0 Å². The van der Waals surface area contributed by atoms with Gasteiger partial charge >= 0.3 is 0 Å². The molecule has 0 amide bonds. The summed E-state index contributed by atoms with van der Waals surface area (Å²) in [4.78, 5) is 4.16. The van der Waals surface area contributed by atoms with Gasteiger partial charge < -0.3 is 20.5 Å². The molecule has 1 aromatic rings. The molecule has 0 atom stereocenters. The van der Waals surface area contributed by atoms with Crippen molar-refractivity contribution < 1.29 is 13.9 Å². The number of benzene rings is 1. The van der Waals surface area contributed by atoms with Gasteiger partial charge in [0.05, 0.1) is 27.4 Å². The zero-order valence-corrected chi connectivity index (χ0v) is 11.3. The molecule has 0 heterocycles. The number of guanidine groups is 1. The first-order chi connectivity index (χ1) is 9.21. The molecule has 19 heavy (non-hydrogen) atoms. The number of nitrogens with two attached hydrogens (primary N) is 1. The molecule has 0 aliphatic carbocycles. The molecule has 0 unspecified atom stereocenters. The lowest BCUT2D eigenvalue weighted by molar-refractivity contribution is 0.354. The molecule has 0 fully saturated rings. The van der Waals surface area contributed by atoms with Crippen molar-refractivity contribution in [3.05, 3.63) is 23.8 Å². The summed E-state index contributed by atoms with van der Waals surface area (Å²) in [5.74, 6) is 1.63. The Morgan fingerprint density at radius 1 is 1.32 bits per heavy atom. The molecule has 0 aromatic heterocycles. The Morgan fingerprint density at radius 2 is 2.05 bits per heavy atom. The van der Waals surface area contributed by atoms with Gasteiger partial charge in [-0.1, -0.05) is 6.07 Å². The van der Waals surface area contributed by atoms with Crippen LogP contribution in [-0.4, -0.2) is 33.4 Å². The van der Waals surface area contributed by atoms with E-state index in [9.17, 15) is 4.39 Å². The van der Waals surface area contributed by atoms with E-state index in [1.165, 1.54) is 0 Å². The van der Waals surface area contributed by atoms with Crippen LogP contribution in [0.2, 0.25) is 0 Å². The van der Waals surface area contributed by atoms with E-state index < -0.39 is 0 Å². The van der Waals surface area contributed by atoms with Crippen LogP contribution in [0, 0.1) is 0 Å². The zero-order chi connectivity index (χ0) is 14.1. The highest BCUT2D eigenvalue weighted by Crippen LogP contribution is 2.27. The predicted octanol–water partition coefficient (Wildman–Crippen LogP) is 1.47. The smallest absolute Gasteiger partial charge is 0.188 e. The average molecular weight is 269 g/mol. The third-order valence-corrected chi connectivity index (χ3v) is 2.50. The molecule has 106 valence electrons. The highest BCUT2D eigenvalue weighted by molar-refractivity contribution is 5.77. The SMILES string of the molecule is COc1ccc(CN=C(N)NCCCF)cc1OC. The minimum Gasteiger partial charge on any atom is -0.493 e. The summed E-state index contributed by atoms with van der Waals surface area (Å²) < 4.78 is 22.3. The first kappa shape index (κ1) is 15.1. The highest BCUT2D eigenvalue weighted by atomic mass is 19.1. The summed E-state index contributed by atoms with van der Waals surface area (Å²) in [7, 11) is 3.17. The molecular formula is C13H20FN3O2. The van der Waals surface area contributed by atoms with Crippen molar-refractivity contribution in [1.82, 2.24) is 5.32 Å². The Labute approximate surface area is 112 Å². The molecule has 0 spiro atoms. The number of hydrogen-bond acceptors (Lipinski definition) is 3. The second kappa shape index (κ2) is 8.18. The van der Waals surface area contributed by atoms with Gasteiger partial charge in [-0.15, -0.1) is 0 Å². The van der Waals surface area contributed by atoms with E-state index in [1.807, 2.05) is 18.2 Å². The van der Waals surface area contributed by atoms with Crippen molar-refractivity contribution in [1.29, 1.82) is 0 Å². The minimum absolute atomic E-state index is 0.309. The third kappa shape index (κ3) is 5.03. The standard InChI is InChI=1S/C13H20FN3O2/c1-18-11-5-4-10(8-12(11)19-2)9-17-13(15)16-7-3-6-14/h4-5,8H,3,6-7,9H2,1-2H3,(H3,15,16,17). The first-order valence-electron chi connectivity index (χ1n) is 6.02. The minimum atomic E-state index is -0.365. The lowest BCUT2D eigenvalue weighted by Crippen LogP contribution is -2.32. The van der Waals surface area contributed by atoms with E-state index in [1.54, 1.807) is 14.2 Å². The second-order valence-electron chi connectivity index (χ2n) is 3.86. The number of methoxy groups -OCH3 is 2. The van der Waals surface area contributed by atoms with E-state index in [0.717, 1.165) is 5.56 Å². The maximum absolute atomic E-state index is 11.9. The molecule has 0 radical (unpaired) electrons. The summed E-state index contributed by atoms with van der Waals surface area (Å²) in [6, 6.07) is 5.55. The summed E-state index contributed by atoms with van der Waals surface area (Å²) in [5, 5.41) is 2.84. The van der Waals surface area contributed by atoms with Crippen LogP contribution in [0.3, 0.4) is 0 Å². The number of rotatable bonds is 7. The molecule has 0 saturated heterocycles. The molecule has 1 rings (SSSR count). The normalized spacial score (nSPS) is 11.2. The van der Waals surface area contributed by atoms with Gasteiger partial charge in [0, 0.05) is 6.54 Å². The third-order valence-electron chi connectivity index (χ3n) is 2.50. The van der Waals surface area contributed by atoms with E-state index in [4.69, 9.17) is 15.2 Å². The molecule has 0 saturated carbocycles. The molecule has 0 aliphatic heterocycles. The van der Waals surface area contributed by atoms with Crippen LogP contribution in [-0.2, 0) is 6.54 Å². The fourth-order valence-corrected chi connectivity index (χ4v) is 1.49. The Balaban J connectivity index is 2.59. The Hall–Kier alpha value is -1.98. The van der Waals surface area contributed by atoms with Gasteiger partial charge in [-0.05, 0) is 24.1 Å².